The van der Waals surface area contributed by atoms with E-state index in [4.69, 9.17) is 23.2 Å². The molecule has 3 aromatic carbocycles. The summed E-state index contributed by atoms with van der Waals surface area (Å²) in [4.78, 5) is 28.9. The van der Waals surface area contributed by atoms with E-state index in [9.17, 15) is 31.2 Å². The van der Waals surface area contributed by atoms with Crippen LogP contribution in [0.5, 0.6) is 0 Å². The van der Waals surface area contributed by atoms with Gasteiger partial charge in [0, 0.05) is 42.5 Å². The van der Waals surface area contributed by atoms with Crippen molar-refractivity contribution in [2.45, 2.75) is 51.9 Å². The van der Waals surface area contributed by atoms with Crippen LogP contribution < -0.4 is 9.62 Å². The lowest BCUT2D eigenvalue weighted by molar-refractivity contribution is -0.141. The second-order valence-corrected chi connectivity index (χ2v) is 13.8. The fraction of sp³-hybridized carbons (Fsp3) is 0.375. The van der Waals surface area contributed by atoms with Crippen LogP contribution in [-0.4, -0.2) is 50.5 Å². The van der Waals surface area contributed by atoms with E-state index in [1.54, 1.807) is 12.1 Å². The van der Waals surface area contributed by atoms with Gasteiger partial charge in [0.05, 0.1) is 17.5 Å². The molecule has 1 unspecified atom stereocenters. The molecule has 0 saturated heterocycles. The lowest BCUT2D eigenvalue weighted by atomic mass is 10.0. The van der Waals surface area contributed by atoms with E-state index in [1.807, 2.05) is 44.2 Å². The number of benzene rings is 3. The number of nitrogens with one attached hydrogen (secondary N) is 1. The first-order valence-electron chi connectivity index (χ1n) is 14.3. The second kappa shape index (κ2) is 15.8. The highest BCUT2D eigenvalue weighted by Crippen LogP contribution is 2.32. The van der Waals surface area contributed by atoms with E-state index in [0.717, 1.165) is 34.3 Å². The van der Waals surface area contributed by atoms with Crippen LogP contribution in [0.25, 0.3) is 0 Å². The van der Waals surface area contributed by atoms with Gasteiger partial charge in [0.15, 0.2) is 0 Å². The number of anilines is 1. The maximum Gasteiger partial charge on any atom is 0.416 e. The van der Waals surface area contributed by atoms with Crippen LogP contribution in [-0.2, 0) is 38.8 Å². The van der Waals surface area contributed by atoms with Gasteiger partial charge in [-0.25, -0.2) is 8.42 Å². The minimum atomic E-state index is -4.66. The molecule has 3 aromatic rings. The van der Waals surface area contributed by atoms with E-state index in [0.29, 0.717) is 22.2 Å². The van der Waals surface area contributed by atoms with Gasteiger partial charge in [-0.1, -0.05) is 79.5 Å². The minimum Gasteiger partial charge on any atom is -0.354 e. The molecule has 0 aliphatic carbocycles. The van der Waals surface area contributed by atoms with Gasteiger partial charge >= 0.3 is 6.18 Å². The normalized spacial score (nSPS) is 12.6. The van der Waals surface area contributed by atoms with Gasteiger partial charge in [0.2, 0.25) is 21.8 Å². The monoisotopic (exact) mass is 685 g/mol. The van der Waals surface area contributed by atoms with Crippen molar-refractivity contribution in [3.05, 3.63) is 99.5 Å². The zero-order chi connectivity index (χ0) is 33.4. The SMILES string of the molecule is CC(C)CNC(=O)C(Cc1ccccc1)N(Cc1ccc(Cl)cc1Cl)C(=O)CCCN(c1cccc(C(F)(F)F)c1)S(C)(=O)=O. The summed E-state index contributed by atoms with van der Waals surface area (Å²) in [5, 5.41) is 3.61. The molecule has 1 atom stereocenters. The Labute approximate surface area is 272 Å². The van der Waals surface area contributed by atoms with Crippen LogP contribution >= 0.6 is 23.2 Å². The Morgan fingerprint density at radius 1 is 0.956 bits per heavy atom. The second-order valence-electron chi connectivity index (χ2n) is 11.1. The summed E-state index contributed by atoms with van der Waals surface area (Å²) >= 11 is 12.5. The average Bonchev–Trinajstić information content (AvgIpc) is 2.96. The molecular weight excluding hydrogens is 650 g/mol. The van der Waals surface area contributed by atoms with Crippen LogP contribution in [0, 0.1) is 5.92 Å². The first-order chi connectivity index (χ1) is 21.1. The van der Waals surface area contributed by atoms with E-state index in [2.05, 4.69) is 5.32 Å². The molecule has 0 aromatic heterocycles. The van der Waals surface area contributed by atoms with Crippen LogP contribution in [0.15, 0.2) is 72.8 Å². The van der Waals surface area contributed by atoms with Crippen molar-refractivity contribution in [3.63, 3.8) is 0 Å². The number of nitrogens with zero attached hydrogens (tertiary/aromatic N) is 2. The van der Waals surface area contributed by atoms with Crippen molar-refractivity contribution >= 4 is 50.7 Å². The maximum atomic E-state index is 13.9. The van der Waals surface area contributed by atoms with Gasteiger partial charge in [-0.05, 0) is 53.8 Å². The van der Waals surface area contributed by atoms with E-state index in [-0.39, 0.29) is 49.9 Å². The lowest BCUT2D eigenvalue weighted by Crippen LogP contribution is -2.51. The molecule has 45 heavy (non-hydrogen) atoms. The Morgan fingerprint density at radius 2 is 1.64 bits per heavy atom. The standard InChI is InChI=1S/C32H36Cl2F3N3O4S/c1-22(2)20-38-31(42)29(17-23-9-5-4-6-10-23)39(21-24-14-15-26(33)19-28(24)34)30(41)13-8-16-40(45(3,43)44)27-12-7-11-25(18-27)32(35,36)37/h4-7,9-12,14-15,18-19,22,29H,8,13,16-17,20-21H2,1-3H3,(H,38,42). The Hall–Kier alpha value is -3.28. The number of carbonyl (C=O) groups excluding carboxylic acids is 2. The highest BCUT2D eigenvalue weighted by atomic mass is 35.5. The van der Waals surface area contributed by atoms with Crippen molar-refractivity contribution in [2.24, 2.45) is 5.92 Å². The average molecular weight is 687 g/mol. The number of alkyl halides is 3. The number of carbonyl (C=O) groups is 2. The van der Waals surface area contributed by atoms with Crippen molar-refractivity contribution in [1.82, 2.24) is 10.2 Å². The van der Waals surface area contributed by atoms with Crippen LogP contribution in [0.3, 0.4) is 0 Å². The number of hydrogen-bond acceptors (Lipinski definition) is 4. The van der Waals surface area contributed by atoms with Gasteiger partial charge in [-0.15, -0.1) is 0 Å². The summed E-state index contributed by atoms with van der Waals surface area (Å²) in [6, 6.07) is 17.1. The summed E-state index contributed by atoms with van der Waals surface area (Å²) in [6.07, 6.45) is -3.81. The molecule has 0 heterocycles. The lowest BCUT2D eigenvalue weighted by Gasteiger charge is -2.32. The van der Waals surface area contributed by atoms with Gasteiger partial charge in [-0.3, -0.25) is 13.9 Å². The predicted octanol–water partition coefficient (Wildman–Crippen LogP) is 6.97. The number of amides is 2. The Kier molecular flexibility index (Phi) is 12.7. The first kappa shape index (κ1) is 36.2. The third-order valence-electron chi connectivity index (χ3n) is 6.93. The molecule has 0 aliphatic rings. The van der Waals surface area contributed by atoms with Crippen LogP contribution in [0.2, 0.25) is 10.0 Å². The predicted molar refractivity (Wildman–Crippen MR) is 172 cm³/mol. The Morgan fingerprint density at radius 3 is 2.24 bits per heavy atom. The number of halogens is 5. The summed E-state index contributed by atoms with van der Waals surface area (Å²) in [5.41, 5.74) is 0.201. The third-order valence-corrected chi connectivity index (χ3v) is 8.71. The van der Waals surface area contributed by atoms with E-state index in [1.165, 1.54) is 17.0 Å². The smallest absolute Gasteiger partial charge is 0.354 e. The van der Waals surface area contributed by atoms with Crippen LogP contribution in [0.4, 0.5) is 18.9 Å². The van der Waals surface area contributed by atoms with Crippen molar-refractivity contribution in [2.75, 3.05) is 23.7 Å². The molecular formula is C32H36Cl2F3N3O4S. The molecule has 0 saturated carbocycles. The van der Waals surface area contributed by atoms with Gasteiger partial charge < -0.3 is 10.2 Å². The highest BCUT2D eigenvalue weighted by molar-refractivity contribution is 7.92. The summed E-state index contributed by atoms with van der Waals surface area (Å²) in [7, 11) is -4.00. The molecule has 1 N–H and O–H groups in total. The molecule has 0 radical (unpaired) electrons. The summed E-state index contributed by atoms with van der Waals surface area (Å²) in [5.74, 6) is -0.675. The molecule has 0 aliphatic heterocycles. The topological polar surface area (TPSA) is 86.8 Å². The van der Waals surface area contributed by atoms with Crippen LogP contribution in [0.1, 0.15) is 43.4 Å². The summed E-state index contributed by atoms with van der Waals surface area (Å²) < 4.78 is 66.1. The minimum absolute atomic E-state index is 0.0291. The van der Waals surface area contributed by atoms with E-state index < -0.39 is 33.7 Å². The number of sulfonamides is 1. The largest absolute Gasteiger partial charge is 0.416 e. The maximum absolute atomic E-state index is 13.9. The molecule has 0 spiro atoms. The number of rotatable bonds is 14. The molecule has 3 rings (SSSR count). The summed E-state index contributed by atoms with van der Waals surface area (Å²) in [6.45, 7) is 3.98. The van der Waals surface area contributed by atoms with Gasteiger partial charge in [0.1, 0.15) is 6.04 Å². The third kappa shape index (κ3) is 10.9. The Balaban J connectivity index is 1.92. The molecule has 2 amide bonds. The fourth-order valence-electron chi connectivity index (χ4n) is 4.65. The first-order valence-corrected chi connectivity index (χ1v) is 16.9. The molecule has 244 valence electrons. The zero-order valence-corrected chi connectivity index (χ0v) is 27.5. The van der Waals surface area contributed by atoms with Crippen molar-refractivity contribution in [3.8, 4) is 0 Å². The highest BCUT2D eigenvalue weighted by Gasteiger charge is 2.33. The molecule has 7 nitrogen and oxygen atoms in total. The molecule has 13 heteroatoms. The Bertz CT molecular complexity index is 1570. The van der Waals surface area contributed by atoms with Gasteiger partial charge in [-0.2, -0.15) is 13.2 Å². The van der Waals surface area contributed by atoms with Crippen molar-refractivity contribution < 1.29 is 31.2 Å². The number of hydrogen-bond donors (Lipinski definition) is 1. The van der Waals surface area contributed by atoms with E-state index >= 15 is 0 Å². The zero-order valence-electron chi connectivity index (χ0n) is 25.2. The van der Waals surface area contributed by atoms with Crippen molar-refractivity contribution in [1.29, 1.82) is 0 Å². The molecule has 0 bridgehead atoms. The fourth-order valence-corrected chi connectivity index (χ4v) is 6.08. The van der Waals surface area contributed by atoms with Gasteiger partial charge in [0.25, 0.3) is 0 Å². The quantitative estimate of drug-likeness (QED) is 0.199. The molecule has 0 fully saturated rings.